The van der Waals surface area contributed by atoms with E-state index < -0.39 is 10.8 Å². The minimum absolute atomic E-state index is 0.217. The molecule has 0 aliphatic carbocycles. The number of nitrogens with zero attached hydrogens (tertiary/aromatic N) is 2. The number of ether oxygens (including phenoxy) is 1. The molecular weight excluding hydrogens is 374 g/mol. The second-order valence-corrected chi connectivity index (χ2v) is 7.75. The van der Waals surface area contributed by atoms with E-state index in [0.29, 0.717) is 23.8 Å². The highest BCUT2D eigenvalue weighted by Gasteiger charge is 2.20. The quantitative estimate of drug-likeness (QED) is 0.660. The average molecular weight is 398 g/mol. The maximum Gasteiger partial charge on any atom is 0.280 e. The third kappa shape index (κ3) is 4.48. The second-order valence-electron chi connectivity index (χ2n) is 6.32. The summed E-state index contributed by atoms with van der Waals surface area (Å²) in [6, 6.07) is 15.1. The van der Waals surface area contributed by atoms with E-state index in [4.69, 9.17) is 4.74 Å². The van der Waals surface area contributed by atoms with Gasteiger partial charge < -0.3 is 10.1 Å². The number of para-hydroxylation sites is 1. The van der Waals surface area contributed by atoms with E-state index in [2.05, 4.69) is 10.4 Å². The Kier molecular flexibility index (Phi) is 6.26. The average Bonchev–Trinajstić information content (AvgIpc) is 3.10. The molecule has 146 valence electrons. The molecule has 1 amide bonds. The number of amides is 1. The first kappa shape index (κ1) is 19.8. The summed E-state index contributed by atoms with van der Waals surface area (Å²) in [7, 11) is -0.956. The van der Waals surface area contributed by atoms with Gasteiger partial charge in [0.25, 0.3) is 5.91 Å². The first-order valence-electron chi connectivity index (χ1n) is 8.97. The Morgan fingerprint density at radius 3 is 2.61 bits per heavy atom. The Labute approximate surface area is 167 Å². The van der Waals surface area contributed by atoms with Crippen molar-refractivity contribution >= 4 is 22.4 Å². The van der Waals surface area contributed by atoms with E-state index in [0.717, 1.165) is 16.8 Å². The number of carbonyl (C=O) groups excluding carboxylic acids is 1. The zero-order chi connectivity index (χ0) is 20.1. The maximum absolute atomic E-state index is 12.9. The first-order chi connectivity index (χ1) is 13.5. The summed E-state index contributed by atoms with van der Waals surface area (Å²) in [5.41, 5.74) is 3.57. The van der Waals surface area contributed by atoms with Crippen LogP contribution in [0.1, 0.15) is 28.5 Å². The fourth-order valence-corrected chi connectivity index (χ4v) is 3.62. The van der Waals surface area contributed by atoms with Gasteiger partial charge in [-0.25, -0.2) is 4.68 Å². The summed E-state index contributed by atoms with van der Waals surface area (Å²) < 4.78 is 18.8. The Morgan fingerprint density at radius 2 is 1.93 bits per heavy atom. The van der Waals surface area contributed by atoms with Gasteiger partial charge in [-0.2, -0.15) is 5.10 Å². The molecule has 0 saturated heterocycles. The molecule has 2 aromatic carbocycles. The third-order valence-corrected chi connectivity index (χ3v) is 4.99. The Hall–Kier alpha value is -2.93. The molecule has 28 heavy (non-hydrogen) atoms. The van der Waals surface area contributed by atoms with Crippen LogP contribution in [0.4, 0.5) is 5.69 Å². The number of aromatic nitrogens is 2. The van der Waals surface area contributed by atoms with E-state index in [9.17, 15) is 9.00 Å². The molecule has 0 saturated carbocycles. The predicted octanol–water partition coefficient (Wildman–Crippen LogP) is 3.71. The van der Waals surface area contributed by atoms with Gasteiger partial charge in [0.2, 0.25) is 0 Å². The molecule has 1 N–H and O–H groups in total. The van der Waals surface area contributed by atoms with Crippen molar-refractivity contribution in [1.29, 1.82) is 0 Å². The van der Waals surface area contributed by atoms with Crippen LogP contribution < -0.4 is 10.1 Å². The van der Waals surface area contributed by atoms with Crippen LogP contribution in [0.15, 0.2) is 54.7 Å². The van der Waals surface area contributed by atoms with E-state index in [1.165, 1.54) is 0 Å². The molecule has 3 rings (SSSR count). The largest absolute Gasteiger partial charge is 0.490 e. The maximum atomic E-state index is 12.9. The smallest absolute Gasteiger partial charge is 0.280 e. The molecule has 1 heterocycles. The Bertz CT molecular complexity index is 999. The van der Waals surface area contributed by atoms with Crippen LogP contribution in [0.5, 0.6) is 5.75 Å². The monoisotopic (exact) mass is 397 g/mol. The van der Waals surface area contributed by atoms with Crippen LogP contribution in [0.2, 0.25) is 0 Å². The molecule has 0 aliphatic rings. The molecule has 1 aromatic heterocycles. The van der Waals surface area contributed by atoms with Crippen molar-refractivity contribution < 1.29 is 13.7 Å². The number of benzene rings is 2. The molecule has 7 heteroatoms. The van der Waals surface area contributed by atoms with Crippen molar-refractivity contribution in [1.82, 2.24) is 9.78 Å². The fraction of sp³-hybridized carbons (Fsp3) is 0.238. The van der Waals surface area contributed by atoms with E-state index in [1.807, 2.05) is 62.4 Å². The van der Waals surface area contributed by atoms with Crippen LogP contribution in [0, 0.1) is 6.92 Å². The van der Waals surface area contributed by atoms with Crippen molar-refractivity contribution in [3.05, 3.63) is 71.5 Å². The highest BCUT2D eigenvalue weighted by Crippen LogP contribution is 2.24. The lowest BCUT2D eigenvalue weighted by molar-refractivity contribution is 0.101. The summed E-state index contributed by atoms with van der Waals surface area (Å²) in [5.74, 6) is 0.519. The number of nitrogens with one attached hydrogen (secondary N) is 1. The number of carbonyl (C=O) groups is 1. The molecule has 3 aromatic rings. The summed E-state index contributed by atoms with van der Waals surface area (Å²) >= 11 is 0. The van der Waals surface area contributed by atoms with Gasteiger partial charge in [0.05, 0.1) is 18.5 Å². The zero-order valence-electron chi connectivity index (χ0n) is 16.1. The van der Waals surface area contributed by atoms with Crippen molar-refractivity contribution in [2.24, 2.45) is 0 Å². The van der Waals surface area contributed by atoms with Crippen LogP contribution in [-0.4, -0.2) is 32.8 Å². The summed E-state index contributed by atoms with van der Waals surface area (Å²) in [6.45, 7) is 4.20. The van der Waals surface area contributed by atoms with Crippen LogP contribution in [0.25, 0.3) is 5.69 Å². The van der Waals surface area contributed by atoms with E-state index >= 15 is 0 Å². The van der Waals surface area contributed by atoms with Crippen LogP contribution in [-0.2, 0) is 16.6 Å². The molecule has 0 fully saturated rings. The van der Waals surface area contributed by atoms with Crippen LogP contribution in [0.3, 0.4) is 0 Å². The standard InChI is InChI=1S/C21H23N3O3S/c1-4-27-19-13-24(17-10-6-5-7-11-17)23-20(19)21(25)22-18-12-8-9-16(15(18)2)14-28(3)26/h5-13H,4,14H2,1-3H3,(H,22,25)/t28-/m0/s1. The molecule has 0 radical (unpaired) electrons. The van der Waals surface area contributed by atoms with E-state index in [1.54, 1.807) is 17.1 Å². The minimum atomic E-state index is -0.956. The molecule has 1 atom stereocenters. The summed E-state index contributed by atoms with van der Waals surface area (Å²) in [6.07, 6.45) is 3.37. The van der Waals surface area contributed by atoms with Crippen molar-refractivity contribution in [2.75, 3.05) is 18.2 Å². The predicted molar refractivity (Wildman–Crippen MR) is 112 cm³/mol. The molecule has 6 nitrogen and oxygen atoms in total. The van der Waals surface area contributed by atoms with Gasteiger partial charge in [0.1, 0.15) is 0 Å². The number of hydrogen-bond acceptors (Lipinski definition) is 4. The van der Waals surface area contributed by atoms with Gasteiger partial charge in [-0.05, 0) is 43.2 Å². The van der Waals surface area contributed by atoms with Gasteiger partial charge in [-0.3, -0.25) is 9.00 Å². The van der Waals surface area contributed by atoms with Crippen molar-refractivity contribution in [3.8, 4) is 11.4 Å². The van der Waals surface area contributed by atoms with Gasteiger partial charge in [0.15, 0.2) is 11.4 Å². The fourth-order valence-electron chi connectivity index (χ4n) is 2.87. The number of hydrogen-bond donors (Lipinski definition) is 1. The topological polar surface area (TPSA) is 73.2 Å². The van der Waals surface area contributed by atoms with Gasteiger partial charge in [-0.15, -0.1) is 0 Å². The van der Waals surface area contributed by atoms with Gasteiger partial charge in [0, 0.05) is 28.5 Å². The van der Waals surface area contributed by atoms with Crippen molar-refractivity contribution in [2.45, 2.75) is 19.6 Å². The molecule has 0 bridgehead atoms. The lowest BCUT2D eigenvalue weighted by Crippen LogP contribution is -2.15. The van der Waals surface area contributed by atoms with E-state index in [-0.39, 0.29) is 11.6 Å². The SMILES string of the molecule is CCOc1cn(-c2ccccc2)nc1C(=O)Nc1cccc(C[S@](C)=O)c1C. The Morgan fingerprint density at radius 1 is 1.18 bits per heavy atom. The van der Waals surface area contributed by atoms with Crippen LogP contribution >= 0.6 is 0 Å². The van der Waals surface area contributed by atoms with Crippen molar-refractivity contribution in [3.63, 3.8) is 0 Å². The minimum Gasteiger partial charge on any atom is -0.490 e. The highest BCUT2D eigenvalue weighted by molar-refractivity contribution is 7.83. The summed E-state index contributed by atoms with van der Waals surface area (Å²) in [5, 5.41) is 7.34. The highest BCUT2D eigenvalue weighted by atomic mass is 32.2. The molecule has 0 spiro atoms. The Balaban J connectivity index is 1.90. The van der Waals surface area contributed by atoms with Gasteiger partial charge in [-0.1, -0.05) is 30.3 Å². The third-order valence-electron chi connectivity index (χ3n) is 4.27. The normalized spacial score (nSPS) is 11.8. The second kappa shape index (κ2) is 8.84. The lowest BCUT2D eigenvalue weighted by Gasteiger charge is -2.11. The lowest BCUT2D eigenvalue weighted by atomic mass is 10.1. The number of rotatable bonds is 7. The first-order valence-corrected chi connectivity index (χ1v) is 10.7. The van der Waals surface area contributed by atoms with Gasteiger partial charge >= 0.3 is 0 Å². The molecule has 0 aliphatic heterocycles. The number of anilines is 1. The molecule has 0 unspecified atom stereocenters. The summed E-state index contributed by atoms with van der Waals surface area (Å²) in [4.78, 5) is 12.9. The zero-order valence-corrected chi connectivity index (χ0v) is 17.0. The molecular formula is C21H23N3O3S.